The van der Waals surface area contributed by atoms with Gasteiger partial charge in [-0.25, -0.2) is 10.5 Å². The molecule has 1 aromatic heterocycles. The first-order valence-electron chi connectivity index (χ1n) is 7.83. The van der Waals surface area contributed by atoms with Crippen molar-refractivity contribution in [2.24, 2.45) is 5.92 Å². The third-order valence-corrected chi connectivity index (χ3v) is 4.23. The Labute approximate surface area is 135 Å². The van der Waals surface area contributed by atoms with Crippen molar-refractivity contribution < 1.29 is 19.5 Å². The number of nitrogens with one attached hydrogen (secondary N) is 2. The first-order chi connectivity index (χ1) is 11.0. The molecule has 0 aliphatic heterocycles. The van der Waals surface area contributed by atoms with Crippen LogP contribution < -0.4 is 15.5 Å². The van der Waals surface area contributed by atoms with Gasteiger partial charge in [0.15, 0.2) is 0 Å². The quantitative estimate of drug-likeness (QED) is 0.549. The fraction of sp³-hybridized carbons (Fsp3) is 0.562. The fourth-order valence-corrected chi connectivity index (χ4v) is 2.99. The monoisotopic (exact) mass is 321 g/mol. The lowest BCUT2D eigenvalue weighted by molar-refractivity contribution is -0.122. The van der Waals surface area contributed by atoms with Gasteiger partial charge < -0.3 is 10.1 Å². The van der Waals surface area contributed by atoms with E-state index in [1.807, 2.05) is 6.92 Å². The maximum Gasteiger partial charge on any atom is 0.276 e. The van der Waals surface area contributed by atoms with Gasteiger partial charge in [0.25, 0.3) is 5.91 Å². The molecule has 1 aromatic rings. The molecule has 1 saturated carbocycles. The molecule has 1 fully saturated rings. The second kappa shape index (κ2) is 7.92. The van der Waals surface area contributed by atoms with Gasteiger partial charge in [-0.2, -0.15) is 0 Å². The van der Waals surface area contributed by atoms with Crippen LogP contribution in [0.15, 0.2) is 12.3 Å². The van der Waals surface area contributed by atoms with E-state index in [0.29, 0.717) is 23.8 Å². The van der Waals surface area contributed by atoms with Crippen molar-refractivity contribution in [3.8, 4) is 5.88 Å². The van der Waals surface area contributed by atoms with Crippen LogP contribution in [0.3, 0.4) is 0 Å². The van der Waals surface area contributed by atoms with E-state index in [-0.39, 0.29) is 17.5 Å². The predicted octanol–water partition coefficient (Wildman–Crippen LogP) is 1.97. The van der Waals surface area contributed by atoms with Crippen molar-refractivity contribution in [2.45, 2.75) is 45.1 Å². The molecular formula is C16H23N3O4. The largest absolute Gasteiger partial charge is 0.481 e. The highest BCUT2D eigenvalue weighted by Crippen LogP contribution is 2.28. The van der Waals surface area contributed by atoms with E-state index in [0.717, 1.165) is 12.8 Å². The minimum absolute atomic E-state index is 0.0107. The molecule has 3 N–H and O–H groups in total. The highest BCUT2D eigenvalue weighted by molar-refractivity contribution is 5.93. The summed E-state index contributed by atoms with van der Waals surface area (Å²) in [5, 5.41) is 11.6. The maximum atomic E-state index is 12.2. The van der Waals surface area contributed by atoms with E-state index >= 15 is 0 Å². The Bertz CT molecular complexity index is 570. The molecule has 7 nitrogen and oxygen atoms in total. The minimum Gasteiger partial charge on any atom is -0.481 e. The lowest BCUT2D eigenvalue weighted by Crippen LogP contribution is -2.29. The fourth-order valence-electron chi connectivity index (χ4n) is 2.99. The Kier molecular flexibility index (Phi) is 5.92. The van der Waals surface area contributed by atoms with E-state index in [4.69, 9.17) is 9.94 Å². The summed E-state index contributed by atoms with van der Waals surface area (Å²) in [4.78, 5) is 27.7. The van der Waals surface area contributed by atoms with E-state index in [1.54, 1.807) is 11.5 Å². The van der Waals surface area contributed by atoms with Gasteiger partial charge in [-0.3, -0.25) is 14.8 Å². The van der Waals surface area contributed by atoms with Crippen LogP contribution in [0.1, 0.15) is 61.0 Å². The molecule has 1 aliphatic carbocycles. The third kappa shape index (κ3) is 4.41. The highest BCUT2D eigenvalue weighted by Gasteiger charge is 2.21. The number of nitrogens with zero attached hydrogens (tertiary/aromatic N) is 1. The first-order valence-corrected chi connectivity index (χ1v) is 7.83. The molecule has 7 heteroatoms. The van der Waals surface area contributed by atoms with Crippen LogP contribution in [0.4, 0.5) is 0 Å². The summed E-state index contributed by atoms with van der Waals surface area (Å²) >= 11 is 0. The smallest absolute Gasteiger partial charge is 0.276 e. The van der Waals surface area contributed by atoms with Crippen molar-refractivity contribution in [1.29, 1.82) is 0 Å². The van der Waals surface area contributed by atoms with E-state index < -0.39 is 5.91 Å². The van der Waals surface area contributed by atoms with Crippen LogP contribution in [0.2, 0.25) is 0 Å². The van der Waals surface area contributed by atoms with Crippen LogP contribution >= 0.6 is 0 Å². The van der Waals surface area contributed by atoms with Crippen molar-refractivity contribution in [1.82, 2.24) is 15.8 Å². The van der Waals surface area contributed by atoms with Gasteiger partial charge >= 0.3 is 0 Å². The first kappa shape index (κ1) is 17.2. The number of hydroxylamine groups is 1. The number of methoxy groups -OCH3 is 1. The molecule has 126 valence electrons. The summed E-state index contributed by atoms with van der Waals surface area (Å²) in [6.45, 7) is 1.81. The zero-order valence-corrected chi connectivity index (χ0v) is 13.5. The SMILES string of the molecule is COc1ncc(C(=O)NO)cc1[C@H](C)NC(=O)CC1CCCC1. The van der Waals surface area contributed by atoms with Gasteiger partial charge in [-0.05, 0) is 31.7 Å². The maximum absolute atomic E-state index is 12.2. The number of hydrogen-bond acceptors (Lipinski definition) is 5. The summed E-state index contributed by atoms with van der Waals surface area (Å²) in [6.07, 6.45) is 6.45. The summed E-state index contributed by atoms with van der Waals surface area (Å²) in [5.74, 6) is 0.135. The molecule has 1 atom stereocenters. The second-order valence-electron chi connectivity index (χ2n) is 5.91. The predicted molar refractivity (Wildman–Crippen MR) is 83.2 cm³/mol. The number of pyridine rings is 1. The van der Waals surface area contributed by atoms with Crippen LogP contribution in [-0.4, -0.2) is 29.1 Å². The van der Waals surface area contributed by atoms with Gasteiger partial charge in [0.2, 0.25) is 11.8 Å². The molecule has 23 heavy (non-hydrogen) atoms. The topological polar surface area (TPSA) is 101 Å². The van der Waals surface area contributed by atoms with Gasteiger partial charge in [0, 0.05) is 18.2 Å². The van der Waals surface area contributed by atoms with Crippen molar-refractivity contribution in [3.05, 3.63) is 23.4 Å². The molecule has 0 aromatic carbocycles. The highest BCUT2D eigenvalue weighted by atomic mass is 16.5. The Morgan fingerprint density at radius 3 is 2.74 bits per heavy atom. The Hall–Kier alpha value is -2.15. The second-order valence-corrected chi connectivity index (χ2v) is 5.91. The molecule has 1 heterocycles. The Morgan fingerprint density at radius 2 is 2.13 bits per heavy atom. The summed E-state index contributed by atoms with van der Waals surface area (Å²) in [7, 11) is 1.48. The van der Waals surface area contributed by atoms with Crippen LogP contribution in [0.5, 0.6) is 5.88 Å². The number of carbonyl (C=O) groups is 2. The standard InChI is InChI=1S/C16H23N3O4/c1-10(18-14(20)7-11-5-3-4-6-11)13-8-12(15(21)19-22)9-17-16(13)23-2/h8-11,22H,3-7H2,1-2H3,(H,18,20)(H,19,21)/t10-/m0/s1. The van der Waals surface area contributed by atoms with E-state index in [1.165, 1.54) is 26.1 Å². The minimum atomic E-state index is -0.661. The average Bonchev–Trinajstić information content (AvgIpc) is 3.06. The average molecular weight is 321 g/mol. The van der Waals surface area contributed by atoms with E-state index in [9.17, 15) is 9.59 Å². The normalized spacial score (nSPS) is 16.0. The molecule has 0 bridgehead atoms. The third-order valence-electron chi connectivity index (χ3n) is 4.23. The molecular weight excluding hydrogens is 298 g/mol. The molecule has 0 unspecified atom stereocenters. The Morgan fingerprint density at radius 1 is 1.43 bits per heavy atom. The summed E-state index contributed by atoms with van der Waals surface area (Å²) < 4.78 is 5.19. The van der Waals surface area contributed by atoms with Crippen molar-refractivity contribution >= 4 is 11.8 Å². The molecule has 0 radical (unpaired) electrons. The molecule has 0 spiro atoms. The number of carbonyl (C=O) groups excluding carboxylic acids is 2. The van der Waals surface area contributed by atoms with Gasteiger partial charge in [-0.1, -0.05) is 12.8 Å². The van der Waals surface area contributed by atoms with E-state index in [2.05, 4.69) is 10.3 Å². The molecule has 2 amide bonds. The molecule has 2 rings (SSSR count). The van der Waals surface area contributed by atoms with Crippen LogP contribution in [0, 0.1) is 5.92 Å². The zero-order valence-electron chi connectivity index (χ0n) is 13.5. The number of amides is 2. The number of rotatable bonds is 6. The number of ether oxygens (including phenoxy) is 1. The Balaban J connectivity index is 2.08. The van der Waals surface area contributed by atoms with Gasteiger partial charge in [0.1, 0.15) is 0 Å². The summed E-state index contributed by atoms with van der Waals surface area (Å²) in [6, 6.07) is 1.20. The number of hydrogen-bond donors (Lipinski definition) is 3. The van der Waals surface area contributed by atoms with Crippen LogP contribution in [-0.2, 0) is 4.79 Å². The van der Waals surface area contributed by atoms with Crippen molar-refractivity contribution in [2.75, 3.05) is 7.11 Å². The molecule has 1 aliphatic rings. The lowest BCUT2D eigenvalue weighted by Gasteiger charge is -2.18. The summed E-state index contributed by atoms with van der Waals surface area (Å²) in [5.41, 5.74) is 2.35. The van der Waals surface area contributed by atoms with Gasteiger partial charge in [0.05, 0.1) is 18.7 Å². The molecule has 0 saturated heterocycles. The number of aromatic nitrogens is 1. The van der Waals surface area contributed by atoms with Crippen molar-refractivity contribution in [3.63, 3.8) is 0 Å². The van der Waals surface area contributed by atoms with Crippen LogP contribution in [0.25, 0.3) is 0 Å². The van der Waals surface area contributed by atoms with Gasteiger partial charge in [-0.15, -0.1) is 0 Å². The zero-order chi connectivity index (χ0) is 16.8. The lowest BCUT2D eigenvalue weighted by atomic mass is 10.0.